The molecule has 0 N–H and O–H groups in total. The minimum atomic E-state index is -2.00. The molecule has 1 atom stereocenters. The number of hydrogen-bond acceptors (Lipinski definition) is 4. The Morgan fingerprint density at radius 3 is 2.42 bits per heavy atom. The van der Waals surface area contributed by atoms with E-state index in [1.165, 1.54) is 30.9 Å². The lowest BCUT2D eigenvalue weighted by molar-refractivity contribution is -0.318. The lowest BCUT2D eigenvalue weighted by atomic mass is 10.1. The summed E-state index contributed by atoms with van der Waals surface area (Å²) in [5, 5.41) is 0. The first-order chi connectivity index (χ1) is 12.5. The van der Waals surface area contributed by atoms with Crippen LogP contribution in [0.5, 0.6) is 0 Å². The van der Waals surface area contributed by atoms with E-state index in [-0.39, 0.29) is 12.3 Å². The van der Waals surface area contributed by atoms with Gasteiger partial charge in [-0.15, -0.1) is 5.92 Å². The normalized spacial score (nSPS) is 12.3. The first-order valence-electron chi connectivity index (χ1n) is 8.11. The summed E-state index contributed by atoms with van der Waals surface area (Å²) >= 11 is 0. The van der Waals surface area contributed by atoms with Crippen LogP contribution in [0.3, 0.4) is 0 Å². The monoisotopic (exact) mass is 359 g/mol. The van der Waals surface area contributed by atoms with Crippen LogP contribution in [-0.4, -0.2) is 37.1 Å². The predicted molar refractivity (Wildman–Crippen MR) is 95.1 cm³/mol. The molecule has 0 aliphatic heterocycles. The summed E-state index contributed by atoms with van der Waals surface area (Å²) in [7, 11) is 2.57. The van der Waals surface area contributed by atoms with E-state index < -0.39 is 23.7 Å². The molecule has 26 heavy (non-hydrogen) atoms. The van der Waals surface area contributed by atoms with Gasteiger partial charge in [0, 0.05) is 14.2 Å². The van der Waals surface area contributed by atoms with Gasteiger partial charge in [-0.2, -0.15) is 4.39 Å². The van der Waals surface area contributed by atoms with E-state index in [4.69, 9.17) is 14.2 Å². The van der Waals surface area contributed by atoms with Gasteiger partial charge in [0.15, 0.2) is 5.95 Å². The van der Waals surface area contributed by atoms with Crippen LogP contribution in [-0.2, 0) is 14.2 Å². The standard InChI is InChI=1S/C20H22FNO4/c1-5-6-14-26-20(24-3,25-4)19(23)17-12-13-18(21)22(17)15(2)16-10-8-7-9-11-16/h7-13,15H,14H2,1-4H3/t15-/m1/s1. The van der Waals surface area contributed by atoms with Gasteiger partial charge in [-0.05, 0) is 31.5 Å². The van der Waals surface area contributed by atoms with Crippen LogP contribution < -0.4 is 0 Å². The van der Waals surface area contributed by atoms with Gasteiger partial charge in [-0.25, -0.2) is 0 Å². The molecule has 0 unspecified atom stereocenters. The maximum absolute atomic E-state index is 14.5. The molecule has 0 aliphatic carbocycles. The van der Waals surface area contributed by atoms with Crippen LogP contribution >= 0.6 is 0 Å². The number of rotatable bonds is 8. The average Bonchev–Trinajstić information content (AvgIpc) is 3.06. The summed E-state index contributed by atoms with van der Waals surface area (Å²) in [5.41, 5.74) is 0.932. The third-order valence-corrected chi connectivity index (χ3v) is 4.10. The van der Waals surface area contributed by atoms with E-state index in [1.54, 1.807) is 13.8 Å². The number of halogens is 1. The average molecular weight is 359 g/mol. The molecule has 5 nitrogen and oxygen atoms in total. The van der Waals surface area contributed by atoms with Crippen molar-refractivity contribution in [1.29, 1.82) is 0 Å². The molecule has 0 aliphatic rings. The fourth-order valence-corrected chi connectivity index (χ4v) is 2.69. The molecule has 138 valence electrons. The first-order valence-corrected chi connectivity index (χ1v) is 8.11. The van der Waals surface area contributed by atoms with E-state index >= 15 is 0 Å². The van der Waals surface area contributed by atoms with Gasteiger partial charge < -0.3 is 18.8 Å². The SMILES string of the molecule is CC#CCOC(OC)(OC)C(=O)c1ccc(F)n1[C@H](C)c1ccccc1. The van der Waals surface area contributed by atoms with E-state index in [1.807, 2.05) is 30.3 Å². The topological polar surface area (TPSA) is 49.7 Å². The number of carbonyl (C=O) groups excluding carboxylic acids is 1. The first kappa shape index (κ1) is 19.9. The molecule has 2 rings (SSSR count). The van der Waals surface area contributed by atoms with Crippen LogP contribution in [0.2, 0.25) is 0 Å². The van der Waals surface area contributed by atoms with Crippen LogP contribution in [0.15, 0.2) is 42.5 Å². The van der Waals surface area contributed by atoms with Crippen molar-refractivity contribution in [3.05, 3.63) is 59.7 Å². The maximum Gasteiger partial charge on any atom is 0.353 e. The number of benzene rings is 1. The highest BCUT2D eigenvalue weighted by atomic mass is 19.1. The molecule has 6 heteroatoms. The Hall–Kier alpha value is -2.46. The number of ketones is 1. The van der Waals surface area contributed by atoms with E-state index in [0.717, 1.165) is 5.56 Å². The lowest BCUT2D eigenvalue weighted by Crippen LogP contribution is -2.46. The molecule has 2 aromatic rings. The molecule has 0 saturated carbocycles. The van der Waals surface area contributed by atoms with Crippen molar-refractivity contribution in [3.63, 3.8) is 0 Å². The minimum absolute atomic E-state index is 0.0681. The lowest BCUT2D eigenvalue weighted by Gasteiger charge is -2.29. The molecule has 0 radical (unpaired) electrons. The molecule has 0 spiro atoms. The number of aromatic nitrogens is 1. The van der Waals surface area contributed by atoms with Gasteiger partial charge in [0.05, 0.1) is 11.7 Å². The van der Waals surface area contributed by atoms with Gasteiger partial charge in [-0.1, -0.05) is 36.3 Å². The third-order valence-electron chi connectivity index (χ3n) is 4.10. The van der Waals surface area contributed by atoms with Crippen molar-refractivity contribution in [2.24, 2.45) is 0 Å². The Morgan fingerprint density at radius 2 is 1.85 bits per heavy atom. The Kier molecular flexibility index (Phi) is 6.70. The second-order valence-electron chi connectivity index (χ2n) is 5.51. The van der Waals surface area contributed by atoms with Crippen molar-refractivity contribution in [1.82, 2.24) is 4.57 Å². The Balaban J connectivity index is 2.44. The zero-order chi connectivity index (χ0) is 19.2. The Labute approximate surface area is 152 Å². The number of Topliss-reactive ketones (excluding diaryl/α,β-unsaturated/α-hetero) is 1. The number of ether oxygens (including phenoxy) is 3. The number of nitrogens with zero attached hydrogens (tertiary/aromatic N) is 1. The van der Waals surface area contributed by atoms with Crippen LogP contribution in [0.4, 0.5) is 4.39 Å². The largest absolute Gasteiger partial charge is 0.353 e. The summed E-state index contributed by atoms with van der Waals surface area (Å²) in [6.45, 7) is 3.38. The van der Waals surface area contributed by atoms with Crippen molar-refractivity contribution < 1.29 is 23.4 Å². The number of methoxy groups -OCH3 is 2. The van der Waals surface area contributed by atoms with Crippen LogP contribution in [0.25, 0.3) is 0 Å². The molecule has 0 saturated heterocycles. The molecular weight excluding hydrogens is 337 g/mol. The van der Waals surface area contributed by atoms with Crippen molar-refractivity contribution in [2.75, 3.05) is 20.8 Å². The highest BCUT2D eigenvalue weighted by Crippen LogP contribution is 2.27. The van der Waals surface area contributed by atoms with Crippen molar-refractivity contribution in [2.45, 2.75) is 25.9 Å². The molecule has 0 bridgehead atoms. The predicted octanol–water partition coefficient (Wildman–Crippen LogP) is 3.41. The second kappa shape index (κ2) is 8.77. The van der Waals surface area contributed by atoms with Crippen LogP contribution in [0.1, 0.15) is 35.9 Å². The number of hydrogen-bond donors (Lipinski definition) is 0. The molecular formula is C20H22FNO4. The second-order valence-corrected chi connectivity index (χ2v) is 5.51. The summed E-state index contributed by atoms with van der Waals surface area (Å²) in [5.74, 6) is 2.16. The fraction of sp³-hybridized carbons (Fsp3) is 0.350. The van der Waals surface area contributed by atoms with E-state index in [2.05, 4.69) is 11.8 Å². The quantitative estimate of drug-likeness (QED) is 0.412. The smallest absolute Gasteiger partial charge is 0.324 e. The highest BCUT2D eigenvalue weighted by molar-refractivity contribution is 5.99. The molecule has 0 amide bonds. The maximum atomic E-state index is 14.5. The summed E-state index contributed by atoms with van der Waals surface area (Å²) in [6, 6.07) is 11.5. The van der Waals surface area contributed by atoms with Crippen LogP contribution in [0, 0.1) is 17.8 Å². The molecule has 1 aromatic carbocycles. The van der Waals surface area contributed by atoms with Gasteiger partial charge >= 0.3 is 5.97 Å². The summed E-state index contributed by atoms with van der Waals surface area (Å²) in [6.07, 6.45) is 0. The van der Waals surface area contributed by atoms with Gasteiger partial charge in [0.1, 0.15) is 6.61 Å². The zero-order valence-electron chi connectivity index (χ0n) is 15.3. The number of carbonyl (C=O) groups is 1. The fourth-order valence-electron chi connectivity index (χ4n) is 2.69. The van der Waals surface area contributed by atoms with Crippen molar-refractivity contribution in [3.8, 4) is 11.8 Å². The molecule has 0 fully saturated rings. The van der Waals surface area contributed by atoms with E-state index in [9.17, 15) is 9.18 Å². The minimum Gasteiger partial charge on any atom is -0.324 e. The zero-order valence-corrected chi connectivity index (χ0v) is 15.3. The Morgan fingerprint density at radius 1 is 1.19 bits per heavy atom. The van der Waals surface area contributed by atoms with Gasteiger partial charge in [0.25, 0.3) is 5.78 Å². The summed E-state index contributed by atoms with van der Waals surface area (Å²) in [4.78, 5) is 13.1. The van der Waals surface area contributed by atoms with Crippen molar-refractivity contribution >= 4 is 5.78 Å². The third kappa shape index (κ3) is 3.86. The molecule has 1 heterocycles. The molecule has 1 aromatic heterocycles. The van der Waals surface area contributed by atoms with Gasteiger partial charge in [-0.3, -0.25) is 4.79 Å². The Bertz CT molecular complexity index is 800. The van der Waals surface area contributed by atoms with Gasteiger partial charge in [0.2, 0.25) is 0 Å². The van der Waals surface area contributed by atoms with E-state index in [0.29, 0.717) is 0 Å². The highest BCUT2D eigenvalue weighted by Gasteiger charge is 2.43. The summed E-state index contributed by atoms with van der Waals surface area (Å²) < 4.78 is 31.6.